The normalized spacial score (nSPS) is 10.8. The first-order valence-corrected chi connectivity index (χ1v) is 24.0. The van der Waals surface area contributed by atoms with Gasteiger partial charge in [-0.05, 0) is 102 Å². The van der Waals surface area contributed by atoms with E-state index in [1.807, 2.05) is 54.6 Å². The summed E-state index contributed by atoms with van der Waals surface area (Å²) >= 11 is 0. The van der Waals surface area contributed by atoms with Crippen molar-refractivity contribution in [2.45, 2.75) is 19.3 Å². The van der Waals surface area contributed by atoms with Gasteiger partial charge in [-0.3, -0.25) is 11.8 Å². The van der Waals surface area contributed by atoms with Crippen molar-refractivity contribution in [3.63, 3.8) is 0 Å². The summed E-state index contributed by atoms with van der Waals surface area (Å²) in [6, 6.07) is 72.7. The van der Waals surface area contributed by atoms with Gasteiger partial charge in [-0.2, -0.15) is 0 Å². The fraction of sp³-hybridized carbons (Fsp3) is 0.0877. The fourth-order valence-corrected chi connectivity index (χ4v) is 13.5. The average molecular weight is 1200 g/mol. The zero-order valence-corrected chi connectivity index (χ0v) is 40.5. The van der Waals surface area contributed by atoms with Crippen molar-refractivity contribution in [3.05, 3.63) is 241 Å². The molecule has 1 nitrogen and oxygen atoms in total. The number of fused-ring (bicyclic) bond motifs is 6. The van der Waals surface area contributed by atoms with E-state index < -0.39 is 15.8 Å². The summed E-state index contributed by atoms with van der Waals surface area (Å²) in [7, 11) is -1.43. The van der Waals surface area contributed by atoms with Crippen LogP contribution in [-0.4, -0.2) is 12.3 Å². The molecule has 10 rings (SSSR count). The van der Waals surface area contributed by atoms with E-state index in [9.17, 15) is 0 Å². The number of rotatable bonds is 9. The molecular formula is C57H46Au2OP2+2. The Kier molecular flexibility index (Phi) is 17.6. The second-order valence-electron chi connectivity index (χ2n) is 14.9. The van der Waals surface area contributed by atoms with E-state index in [0.29, 0.717) is 0 Å². The topological polar surface area (TPSA) is 13.1 Å². The van der Waals surface area contributed by atoms with Crippen LogP contribution in [0.15, 0.2) is 211 Å². The van der Waals surface area contributed by atoms with Crippen LogP contribution in [-0.2, 0) is 51.2 Å². The molecule has 8 aromatic carbocycles. The summed E-state index contributed by atoms with van der Waals surface area (Å²) < 4.78 is 5.66. The van der Waals surface area contributed by atoms with Crippen LogP contribution in [0.2, 0.25) is 0 Å². The van der Waals surface area contributed by atoms with Gasteiger partial charge in [-0.25, -0.2) is 0 Å². The van der Waals surface area contributed by atoms with Gasteiger partial charge in [-0.1, -0.05) is 121 Å². The van der Waals surface area contributed by atoms with Gasteiger partial charge in [0.25, 0.3) is 0 Å². The molecule has 0 amide bonds. The van der Waals surface area contributed by atoms with Gasteiger partial charge in [0.05, 0.1) is 49.4 Å². The molecule has 0 spiro atoms. The molecule has 0 atom stereocenters. The summed E-state index contributed by atoms with van der Waals surface area (Å²) in [6.07, 6.45) is 20.5. The molecule has 310 valence electrons. The minimum Gasteiger partial charge on any atom is -0.456 e. The molecule has 62 heavy (non-hydrogen) atoms. The maximum Gasteiger partial charge on any atom is 1.00 e. The summed E-state index contributed by atoms with van der Waals surface area (Å²) in [4.78, 5) is 0. The van der Waals surface area contributed by atoms with Gasteiger partial charge in [-0.15, -0.1) is 35.4 Å². The molecule has 1 aliphatic rings. The molecule has 0 N–H and O–H groups in total. The molecule has 1 aromatic heterocycles. The van der Waals surface area contributed by atoms with E-state index in [1.165, 1.54) is 68.6 Å². The van der Waals surface area contributed by atoms with Crippen LogP contribution in [0.4, 0.5) is 0 Å². The van der Waals surface area contributed by atoms with E-state index in [-0.39, 0.29) is 44.8 Å². The van der Waals surface area contributed by atoms with Crippen molar-refractivity contribution in [2.75, 3.05) is 12.3 Å². The Balaban J connectivity index is 0.000000168. The predicted octanol–water partition coefficient (Wildman–Crippen LogP) is 12.2. The number of hydrogen-bond donors (Lipinski definition) is 0. The summed E-state index contributed by atoms with van der Waals surface area (Å²) in [5.74, 6) is 4.82. The van der Waals surface area contributed by atoms with Crippen molar-refractivity contribution in [3.8, 4) is 23.0 Å². The molecular weight excluding hydrogens is 1160 g/mol. The van der Waals surface area contributed by atoms with Crippen LogP contribution in [0.25, 0.3) is 33.1 Å². The SMILES string of the molecule is [Au+].[Au+].[C-]#Cc1ccc2c(c1)-c1ccccc1C2.[C-]#Cc1ccc2oc3ccccc3c2c1.c1ccc([PH+](CCCC[PH+](c2ccccc2)c2ccccc2)c2ccccc2)cc1. The minimum absolute atomic E-state index is 0. The quantitative estimate of drug-likeness (QED) is 0.0462. The second-order valence-corrected chi connectivity index (χ2v) is 20.1. The van der Waals surface area contributed by atoms with Gasteiger partial charge >= 0.3 is 44.8 Å². The minimum atomic E-state index is -0.714. The molecule has 0 fully saturated rings. The van der Waals surface area contributed by atoms with E-state index >= 15 is 0 Å². The van der Waals surface area contributed by atoms with Crippen molar-refractivity contribution < 1.29 is 49.2 Å². The molecule has 0 saturated carbocycles. The molecule has 0 saturated heterocycles. The predicted molar refractivity (Wildman–Crippen MR) is 261 cm³/mol. The number of unbranched alkanes of at least 4 members (excludes halogenated alkanes) is 1. The zero-order valence-electron chi connectivity index (χ0n) is 34.2. The van der Waals surface area contributed by atoms with Gasteiger partial charge in [0, 0.05) is 10.8 Å². The Labute approximate surface area is 400 Å². The summed E-state index contributed by atoms with van der Waals surface area (Å²) in [5.41, 5.74) is 8.68. The van der Waals surface area contributed by atoms with Crippen molar-refractivity contribution >= 4 is 59.0 Å². The van der Waals surface area contributed by atoms with Crippen LogP contribution in [0.1, 0.15) is 35.1 Å². The van der Waals surface area contributed by atoms with Gasteiger partial charge in [0.15, 0.2) is 0 Å². The van der Waals surface area contributed by atoms with Crippen LogP contribution in [0.3, 0.4) is 0 Å². The van der Waals surface area contributed by atoms with E-state index in [1.54, 1.807) is 0 Å². The Bertz CT molecular complexity index is 2720. The molecule has 0 aliphatic heterocycles. The molecule has 5 heteroatoms. The standard InChI is InChI=1S/C28H28P2.C15H9.C14H7O.2Au/c1-5-15-25(16-6-1)29(26-17-7-2-8-18-26)23-13-14-24-30(27-19-9-3-10-20-27)28-21-11-4-12-22-28;1-2-11-7-8-13-10-12-5-3-4-6-14(12)15(13)9-11;1-2-10-7-8-14-12(9-10)11-5-3-4-6-13(11)15-14;;/h1-12,15-22H,13-14,23-24H2;3-9H,10H2;3-9H;;/q;2*-1;2*+1/p+2. The Hall–Kier alpha value is -4.98. The van der Waals surface area contributed by atoms with Gasteiger partial charge < -0.3 is 17.3 Å². The summed E-state index contributed by atoms with van der Waals surface area (Å²) in [6.45, 7) is 0. The number of furan rings is 1. The molecule has 1 heterocycles. The Morgan fingerprint density at radius 1 is 0.403 bits per heavy atom. The molecule has 1 aliphatic carbocycles. The van der Waals surface area contributed by atoms with Crippen molar-refractivity contribution in [1.82, 2.24) is 0 Å². The maximum atomic E-state index is 7.14. The second kappa shape index (κ2) is 23.5. The smallest absolute Gasteiger partial charge is 0.456 e. The summed E-state index contributed by atoms with van der Waals surface area (Å²) in [5, 5.41) is 8.26. The maximum absolute atomic E-state index is 7.14. The first kappa shape index (κ1) is 46.5. The van der Waals surface area contributed by atoms with E-state index in [0.717, 1.165) is 39.5 Å². The Morgan fingerprint density at radius 2 is 0.823 bits per heavy atom. The number of para-hydroxylation sites is 1. The molecule has 9 aromatic rings. The first-order valence-electron chi connectivity index (χ1n) is 20.6. The first-order chi connectivity index (χ1) is 29.7. The van der Waals surface area contributed by atoms with Crippen LogP contribution in [0, 0.1) is 24.7 Å². The zero-order chi connectivity index (χ0) is 40.9. The van der Waals surface area contributed by atoms with Gasteiger partial charge in [0.2, 0.25) is 0 Å². The van der Waals surface area contributed by atoms with E-state index in [2.05, 4.69) is 164 Å². The van der Waals surface area contributed by atoms with Crippen LogP contribution >= 0.6 is 15.8 Å². The third-order valence-electron chi connectivity index (χ3n) is 11.1. The molecule has 0 radical (unpaired) electrons. The Morgan fingerprint density at radius 3 is 1.35 bits per heavy atom. The van der Waals surface area contributed by atoms with Crippen molar-refractivity contribution in [1.29, 1.82) is 0 Å². The third kappa shape index (κ3) is 11.5. The number of hydrogen-bond acceptors (Lipinski definition) is 1. The third-order valence-corrected chi connectivity index (χ3v) is 16.9. The number of benzene rings is 8. The molecule has 0 unspecified atom stereocenters. The van der Waals surface area contributed by atoms with E-state index in [4.69, 9.17) is 17.3 Å². The molecule has 0 bridgehead atoms. The van der Waals surface area contributed by atoms with Crippen molar-refractivity contribution in [2.24, 2.45) is 0 Å². The fourth-order valence-electron chi connectivity index (χ4n) is 8.08. The average Bonchev–Trinajstić information content (AvgIpc) is 3.89. The largest absolute Gasteiger partial charge is 1.00 e. The van der Waals surface area contributed by atoms with Crippen LogP contribution < -0.4 is 21.2 Å². The van der Waals surface area contributed by atoms with Gasteiger partial charge in [0.1, 0.15) is 11.2 Å². The van der Waals surface area contributed by atoms with Crippen LogP contribution in [0.5, 0.6) is 0 Å². The monoisotopic (exact) mass is 1200 g/mol.